The summed E-state index contributed by atoms with van der Waals surface area (Å²) >= 11 is 0. The minimum absolute atomic E-state index is 0.00200. The number of nitrogens with zero attached hydrogens (tertiary/aromatic N) is 1. The number of pyridine rings is 1. The van der Waals surface area contributed by atoms with E-state index in [1.54, 1.807) is 0 Å². The van der Waals surface area contributed by atoms with Crippen LogP contribution in [0.2, 0.25) is 0 Å². The number of hydrogen-bond donors (Lipinski definition) is 2. The first-order valence-corrected chi connectivity index (χ1v) is 7.25. The van der Waals surface area contributed by atoms with Gasteiger partial charge in [0, 0.05) is 12.4 Å². The van der Waals surface area contributed by atoms with Crippen LogP contribution in [0.1, 0.15) is 53.5 Å². The molecule has 3 heteroatoms. The monoisotopic (exact) mass is 267 g/mol. The Morgan fingerprint density at radius 3 is 2.45 bits per heavy atom. The highest BCUT2D eigenvalue weighted by Crippen LogP contribution is 2.36. The number of rotatable bonds is 4. The van der Waals surface area contributed by atoms with Crippen molar-refractivity contribution in [3.63, 3.8) is 0 Å². The number of hydrazine groups is 1. The summed E-state index contributed by atoms with van der Waals surface area (Å²) < 4.78 is 0. The third-order valence-corrected chi connectivity index (χ3v) is 4.24. The van der Waals surface area contributed by atoms with Gasteiger partial charge in [-0.2, -0.15) is 0 Å². The largest absolute Gasteiger partial charge is 0.271 e. The topological polar surface area (TPSA) is 50.9 Å². The van der Waals surface area contributed by atoms with E-state index in [1.165, 1.54) is 30.4 Å². The van der Waals surface area contributed by atoms with Crippen LogP contribution in [0, 0.1) is 6.92 Å². The molecule has 0 amide bonds. The quantitative estimate of drug-likeness (QED) is 0.660. The lowest BCUT2D eigenvalue weighted by Gasteiger charge is -2.26. The maximum absolute atomic E-state index is 5.74. The van der Waals surface area contributed by atoms with Crippen molar-refractivity contribution in [1.82, 2.24) is 10.4 Å². The average Bonchev–Trinajstić information content (AvgIpc) is 2.40. The Hall–Kier alpha value is -1.71. The molecule has 0 saturated heterocycles. The zero-order chi connectivity index (χ0) is 13.9. The maximum Gasteiger partial charge on any atom is 0.0725 e. The molecule has 1 saturated carbocycles. The molecule has 104 valence electrons. The van der Waals surface area contributed by atoms with Gasteiger partial charge in [0.2, 0.25) is 0 Å². The van der Waals surface area contributed by atoms with E-state index >= 15 is 0 Å². The van der Waals surface area contributed by atoms with Crippen LogP contribution in [0.15, 0.2) is 42.7 Å². The standard InChI is InChI=1S/C17H21N3/c1-12-9-16(11-19-10-12)17(20-18)15-7-5-14(6-8-15)13-3-2-4-13/h5-11,13,17,20H,2-4,18H2,1H3. The molecule has 1 aromatic carbocycles. The second kappa shape index (κ2) is 5.73. The molecule has 1 atom stereocenters. The van der Waals surface area contributed by atoms with Crippen molar-refractivity contribution in [3.8, 4) is 0 Å². The van der Waals surface area contributed by atoms with Gasteiger partial charge in [0.15, 0.2) is 0 Å². The fourth-order valence-electron chi connectivity index (χ4n) is 2.82. The number of aromatic nitrogens is 1. The minimum Gasteiger partial charge on any atom is -0.271 e. The van der Waals surface area contributed by atoms with Gasteiger partial charge < -0.3 is 0 Å². The summed E-state index contributed by atoms with van der Waals surface area (Å²) in [5, 5.41) is 0. The molecule has 1 fully saturated rings. The molecule has 3 N–H and O–H groups in total. The molecule has 0 spiro atoms. The Kier molecular flexibility index (Phi) is 3.81. The zero-order valence-corrected chi connectivity index (χ0v) is 11.8. The van der Waals surface area contributed by atoms with E-state index in [0.717, 1.165) is 17.0 Å². The van der Waals surface area contributed by atoms with Gasteiger partial charge in [-0.05, 0) is 47.9 Å². The predicted octanol–water partition coefficient (Wildman–Crippen LogP) is 3.21. The molecule has 0 aliphatic heterocycles. The van der Waals surface area contributed by atoms with Gasteiger partial charge in [-0.3, -0.25) is 10.8 Å². The summed E-state index contributed by atoms with van der Waals surface area (Å²) in [6.07, 6.45) is 7.77. The third kappa shape index (κ3) is 2.60. The summed E-state index contributed by atoms with van der Waals surface area (Å²) in [6.45, 7) is 2.05. The Balaban J connectivity index is 1.85. The Bertz CT molecular complexity index is 573. The molecule has 3 rings (SSSR count). The average molecular weight is 267 g/mol. The zero-order valence-electron chi connectivity index (χ0n) is 11.8. The molecule has 3 nitrogen and oxygen atoms in total. The highest BCUT2D eigenvalue weighted by Gasteiger charge is 2.20. The van der Waals surface area contributed by atoms with Gasteiger partial charge in [-0.15, -0.1) is 0 Å². The first kappa shape index (κ1) is 13.3. The van der Waals surface area contributed by atoms with Crippen molar-refractivity contribution in [2.75, 3.05) is 0 Å². The molecule has 20 heavy (non-hydrogen) atoms. The van der Waals surface area contributed by atoms with Crippen LogP contribution in [0.3, 0.4) is 0 Å². The van der Waals surface area contributed by atoms with Crippen LogP contribution in [-0.2, 0) is 0 Å². The molecule has 1 aliphatic carbocycles. The van der Waals surface area contributed by atoms with Crippen LogP contribution in [0.5, 0.6) is 0 Å². The maximum atomic E-state index is 5.74. The fraction of sp³-hybridized carbons (Fsp3) is 0.353. The predicted molar refractivity (Wildman–Crippen MR) is 81.2 cm³/mol. The van der Waals surface area contributed by atoms with Crippen LogP contribution in [0.25, 0.3) is 0 Å². The smallest absolute Gasteiger partial charge is 0.0725 e. The summed E-state index contributed by atoms with van der Waals surface area (Å²) in [7, 11) is 0. The molecular formula is C17H21N3. The Labute approximate surface area is 120 Å². The van der Waals surface area contributed by atoms with Gasteiger partial charge in [0.1, 0.15) is 0 Å². The summed E-state index contributed by atoms with van der Waals surface area (Å²) in [5.41, 5.74) is 7.79. The first-order valence-electron chi connectivity index (χ1n) is 7.25. The molecule has 1 aliphatic rings. The second-order valence-corrected chi connectivity index (χ2v) is 5.69. The first-order chi connectivity index (χ1) is 9.78. The third-order valence-electron chi connectivity index (χ3n) is 4.24. The lowest BCUT2D eigenvalue weighted by atomic mass is 9.79. The summed E-state index contributed by atoms with van der Waals surface area (Å²) in [6, 6.07) is 11.0. The number of nitrogens with one attached hydrogen (secondary N) is 1. The summed E-state index contributed by atoms with van der Waals surface area (Å²) in [4.78, 5) is 4.25. The normalized spacial score (nSPS) is 16.7. The van der Waals surface area contributed by atoms with Crippen molar-refractivity contribution in [1.29, 1.82) is 0 Å². The van der Waals surface area contributed by atoms with Crippen molar-refractivity contribution >= 4 is 0 Å². The Morgan fingerprint density at radius 2 is 1.90 bits per heavy atom. The van der Waals surface area contributed by atoms with Crippen molar-refractivity contribution in [2.45, 2.75) is 38.1 Å². The van der Waals surface area contributed by atoms with E-state index < -0.39 is 0 Å². The molecule has 0 radical (unpaired) electrons. The Morgan fingerprint density at radius 1 is 1.15 bits per heavy atom. The van der Waals surface area contributed by atoms with Gasteiger partial charge in [-0.25, -0.2) is 5.43 Å². The van der Waals surface area contributed by atoms with Gasteiger partial charge >= 0.3 is 0 Å². The number of benzene rings is 1. The molecule has 1 aromatic heterocycles. The van der Waals surface area contributed by atoms with E-state index in [9.17, 15) is 0 Å². The van der Waals surface area contributed by atoms with Crippen molar-refractivity contribution < 1.29 is 0 Å². The second-order valence-electron chi connectivity index (χ2n) is 5.69. The lowest BCUT2D eigenvalue weighted by molar-refractivity contribution is 0.419. The van der Waals surface area contributed by atoms with Crippen LogP contribution >= 0.6 is 0 Å². The van der Waals surface area contributed by atoms with E-state index in [1.807, 2.05) is 19.3 Å². The molecule has 0 bridgehead atoms. The molecule has 2 aromatic rings. The van der Waals surface area contributed by atoms with Crippen molar-refractivity contribution in [3.05, 3.63) is 65.0 Å². The highest BCUT2D eigenvalue weighted by molar-refractivity contribution is 5.34. The molecule has 1 heterocycles. The summed E-state index contributed by atoms with van der Waals surface area (Å²) in [5.74, 6) is 6.52. The van der Waals surface area contributed by atoms with E-state index in [4.69, 9.17) is 5.84 Å². The van der Waals surface area contributed by atoms with E-state index in [2.05, 4.69) is 40.7 Å². The van der Waals surface area contributed by atoms with Crippen LogP contribution < -0.4 is 11.3 Å². The number of nitrogens with two attached hydrogens (primary N) is 1. The van der Waals surface area contributed by atoms with Crippen LogP contribution in [-0.4, -0.2) is 4.98 Å². The lowest BCUT2D eigenvalue weighted by Crippen LogP contribution is -2.29. The van der Waals surface area contributed by atoms with Gasteiger partial charge in [-0.1, -0.05) is 36.8 Å². The van der Waals surface area contributed by atoms with Crippen molar-refractivity contribution in [2.24, 2.45) is 5.84 Å². The highest BCUT2D eigenvalue weighted by atomic mass is 15.2. The van der Waals surface area contributed by atoms with Gasteiger partial charge in [0.25, 0.3) is 0 Å². The molecular weight excluding hydrogens is 246 g/mol. The fourth-order valence-corrected chi connectivity index (χ4v) is 2.82. The number of aryl methyl sites for hydroxylation is 1. The van der Waals surface area contributed by atoms with Gasteiger partial charge in [0.05, 0.1) is 6.04 Å². The minimum atomic E-state index is -0.00200. The molecule has 1 unspecified atom stereocenters. The van der Waals surface area contributed by atoms with E-state index in [-0.39, 0.29) is 6.04 Å². The number of hydrogen-bond acceptors (Lipinski definition) is 3. The van der Waals surface area contributed by atoms with Crippen LogP contribution in [0.4, 0.5) is 0 Å². The SMILES string of the molecule is Cc1cncc(C(NN)c2ccc(C3CCC3)cc2)c1. The van der Waals surface area contributed by atoms with E-state index in [0.29, 0.717) is 0 Å².